The lowest BCUT2D eigenvalue weighted by atomic mass is 10.2. The van der Waals surface area contributed by atoms with E-state index in [4.69, 9.17) is 15.6 Å². The number of carbonyl (C=O) groups is 2. The normalized spacial score (nSPS) is 12.8. The molecule has 5 heteroatoms. The number of hydrogen-bond donors (Lipinski definition) is 0. The highest BCUT2D eigenvalue weighted by atomic mass is 16.6. The molecule has 0 fully saturated rings. The van der Waals surface area contributed by atoms with Crippen LogP contribution >= 0.6 is 0 Å². The monoisotopic (exact) mass is 304 g/mol. The van der Waals surface area contributed by atoms with Crippen LogP contribution in [0.1, 0.15) is 60.2 Å². The fraction of sp³-hybridized carbons (Fsp3) is 0.875. The minimum absolute atomic E-state index is 0.0889. The SMILES string of the molecule is [3H]C(=O)CCCC(=O)OCC(COCCCC)OCCCC. The standard InChI is InChI=1S/C16H30O5/c1-3-5-11-19-13-15(20-12-6-4-2)14-21-16(18)9-7-8-10-17/h10,15H,3-9,11-14H2,1-2H3/i10T. The number of esters is 1. The van der Waals surface area contributed by atoms with Gasteiger partial charge in [-0.2, -0.15) is 0 Å². The van der Waals surface area contributed by atoms with E-state index in [0.29, 0.717) is 26.2 Å². The van der Waals surface area contributed by atoms with Gasteiger partial charge in [0.15, 0.2) is 0 Å². The van der Waals surface area contributed by atoms with E-state index in [1.165, 1.54) is 0 Å². The van der Waals surface area contributed by atoms with Gasteiger partial charge in [0.05, 0.1) is 6.61 Å². The molecular weight excluding hydrogens is 272 g/mol. The first kappa shape index (κ1) is 18.1. The van der Waals surface area contributed by atoms with Crippen molar-refractivity contribution in [3.05, 3.63) is 0 Å². The Labute approximate surface area is 129 Å². The van der Waals surface area contributed by atoms with Crippen molar-refractivity contribution >= 4 is 12.2 Å². The first-order valence-corrected chi connectivity index (χ1v) is 7.94. The summed E-state index contributed by atoms with van der Waals surface area (Å²) in [5.41, 5.74) is 0. The molecule has 0 amide bonds. The molecule has 0 saturated heterocycles. The molecule has 0 radical (unpaired) electrons. The zero-order chi connectivity index (χ0) is 16.6. The van der Waals surface area contributed by atoms with Gasteiger partial charge in [-0.25, -0.2) is 0 Å². The Morgan fingerprint density at radius 2 is 1.86 bits per heavy atom. The number of carbonyl (C=O) groups excluding carboxylic acids is 2. The van der Waals surface area contributed by atoms with Gasteiger partial charge in [-0.3, -0.25) is 4.79 Å². The lowest BCUT2D eigenvalue weighted by Gasteiger charge is -2.18. The van der Waals surface area contributed by atoms with Gasteiger partial charge in [0, 0.05) is 26.1 Å². The van der Waals surface area contributed by atoms with Gasteiger partial charge in [0.2, 0.25) is 0 Å². The second-order valence-electron chi connectivity index (χ2n) is 4.96. The third-order valence-electron chi connectivity index (χ3n) is 2.89. The van der Waals surface area contributed by atoms with Crippen molar-refractivity contribution in [1.82, 2.24) is 0 Å². The summed E-state index contributed by atoms with van der Waals surface area (Å²) in [6, 6.07) is 0. The van der Waals surface area contributed by atoms with E-state index in [1.807, 2.05) is 0 Å². The van der Waals surface area contributed by atoms with E-state index in [2.05, 4.69) is 13.8 Å². The van der Waals surface area contributed by atoms with Gasteiger partial charge >= 0.3 is 5.97 Å². The fourth-order valence-corrected chi connectivity index (χ4v) is 1.56. The van der Waals surface area contributed by atoms with Crippen molar-refractivity contribution in [2.24, 2.45) is 0 Å². The summed E-state index contributed by atoms with van der Waals surface area (Å²) in [7, 11) is 0. The van der Waals surface area contributed by atoms with Gasteiger partial charge in [0.25, 0.3) is 0 Å². The van der Waals surface area contributed by atoms with Crippen LogP contribution in [-0.2, 0) is 23.8 Å². The highest BCUT2D eigenvalue weighted by Crippen LogP contribution is 2.02. The van der Waals surface area contributed by atoms with Gasteiger partial charge < -0.3 is 19.0 Å². The molecule has 124 valence electrons. The quantitative estimate of drug-likeness (QED) is 0.264. The average molecular weight is 304 g/mol. The number of aldehydes is 1. The molecule has 0 heterocycles. The number of unbranched alkanes of at least 4 members (excludes halogenated alkanes) is 2. The number of ether oxygens (including phenoxy) is 3. The lowest BCUT2D eigenvalue weighted by molar-refractivity contribution is -0.150. The predicted octanol–water partition coefficient (Wildman–Crippen LogP) is 2.90. The molecule has 0 aliphatic rings. The van der Waals surface area contributed by atoms with Crippen LogP contribution in [0.5, 0.6) is 0 Å². The highest BCUT2D eigenvalue weighted by molar-refractivity contribution is 5.69. The molecule has 1 unspecified atom stereocenters. The Hall–Kier alpha value is -0.940. The van der Waals surface area contributed by atoms with Crippen LogP contribution in [0.3, 0.4) is 0 Å². The van der Waals surface area contributed by atoms with Gasteiger partial charge in [-0.1, -0.05) is 26.7 Å². The summed E-state index contributed by atoms with van der Waals surface area (Å²) in [4.78, 5) is 22.0. The molecule has 0 spiro atoms. The zero-order valence-corrected chi connectivity index (χ0v) is 13.4. The van der Waals surface area contributed by atoms with Gasteiger partial charge in [-0.15, -0.1) is 0 Å². The molecule has 0 bridgehead atoms. The Morgan fingerprint density at radius 3 is 2.52 bits per heavy atom. The van der Waals surface area contributed by atoms with Crippen molar-refractivity contribution in [3.8, 4) is 0 Å². The van der Waals surface area contributed by atoms with E-state index < -0.39 is 6.26 Å². The maximum Gasteiger partial charge on any atom is 0.305 e. The molecule has 0 aromatic heterocycles. The Bertz CT molecular complexity index is 296. The van der Waals surface area contributed by atoms with Crippen LogP contribution in [-0.4, -0.2) is 44.8 Å². The molecule has 0 saturated carbocycles. The average Bonchev–Trinajstić information content (AvgIpc) is 2.48. The first-order valence-electron chi connectivity index (χ1n) is 8.44. The van der Waals surface area contributed by atoms with Crippen molar-refractivity contribution < 1.29 is 25.2 Å². The molecule has 0 N–H and O–H groups in total. The molecule has 21 heavy (non-hydrogen) atoms. The zero-order valence-electron chi connectivity index (χ0n) is 14.4. The molecule has 5 nitrogen and oxygen atoms in total. The number of hydrogen-bond acceptors (Lipinski definition) is 5. The summed E-state index contributed by atoms with van der Waals surface area (Å²) in [5, 5.41) is 0. The molecule has 0 aromatic rings. The Kier molecular flexibility index (Phi) is 13.3. The van der Waals surface area contributed by atoms with Gasteiger partial charge in [0.1, 0.15) is 20.3 Å². The van der Waals surface area contributed by atoms with Gasteiger partial charge in [-0.05, 0) is 19.3 Å². The predicted molar refractivity (Wildman–Crippen MR) is 81.2 cm³/mol. The van der Waals surface area contributed by atoms with Crippen molar-refractivity contribution in [3.63, 3.8) is 0 Å². The fourth-order valence-electron chi connectivity index (χ4n) is 1.56. The lowest BCUT2D eigenvalue weighted by Crippen LogP contribution is -2.28. The summed E-state index contributed by atoms with van der Waals surface area (Å²) >= 11 is 0. The molecule has 0 aliphatic carbocycles. The van der Waals surface area contributed by atoms with Crippen LogP contribution in [0.4, 0.5) is 0 Å². The maximum absolute atomic E-state index is 11.5. The van der Waals surface area contributed by atoms with E-state index >= 15 is 0 Å². The van der Waals surface area contributed by atoms with E-state index in [9.17, 15) is 9.59 Å². The molecular formula is C16H30O5. The van der Waals surface area contributed by atoms with E-state index in [-0.39, 0.29) is 31.5 Å². The minimum Gasteiger partial charge on any atom is -0.463 e. The maximum atomic E-state index is 11.5. The van der Waals surface area contributed by atoms with Crippen molar-refractivity contribution in [2.75, 3.05) is 26.4 Å². The smallest absolute Gasteiger partial charge is 0.305 e. The van der Waals surface area contributed by atoms with Crippen LogP contribution in [0.25, 0.3) is 0 Å². The van der Waals surface area contributed by atoms with Crippen LogP contribution in [0.2, 0.25) is 0 Å². The first-order chi connectivity index (χ1) is 10.6. The molecule has 0 rings (SSSR count). The highest BCUT2D eigenvalue weighted by Gasteiger charge is 2.13. The minimum atomic E-state index is -0.655. The number of rotatable bonds is 15. The summed E-state index contributed by atoms with van der Waals surface area (Å²) < 4.78 is 23.1. The van der Waals surface area contributed by atoms with Crippen LogP contribution in [0.15, 0.2) is 0 Å². The van der Waals surface area contributed by atoms with Crippen molar-refractivity contribution in [2.45, 2.75) is 64.9 Å². The second kappa shape index (κ2) is 15.4. The Morgan fingerprint density at radius 1 is 1.14 bits per heavy atom. The molecule has 1 atom stereocenters. The second-order valence-corrected chi connectivity index (χ2v) is 4.96. The topological polar surface area (TPSA) is 61.8 Å². The van der Waals surface area contributed by atoms with E-state index in [1.54, 1.807) is 0 Å². The Balaban J connectivity index is 3.92. The molecule has 0 aromatic carbocycles. The van der Waals surface area contributed by atoms with Crippen LogP contribution in [0, 0.1) is 0 Å². The summed E-state index contributed by atoms with van der Waals surface area (Å²) in [5.74, 6) is -0.362. The summed E-state index contributed by atoms with van der Waals surface area (Å²) in [6.07, 6.45) is 3.79. The molecule has 0 aliphatic heterocycles. The van der Waals surface area contributed by atoms with Crippen LogP contribution < -0.4 is 0 Å². The third-order valence-corrected chi connectivity index (χ3v) is 2.89. The summed E-state index contributed by atoms with van der Waals surface area (Å²) in [6.45, 7) is 6.09. The third kappa shape index (κ3) is 13.8. The van der Waals surface area contributed by atoms with E-state index in [0.717, 1.165) is 25.7 Å². The largest absolute Gasteiger partial charge is 0.463 e. The van der Waals surface area contributed by atoms with Crippen molar-refractivity contribution in [1.29, 1.82) is 0 Å².